The zero-order valence-electron chi connectivity index (χ0n) is 11.6. The van der Waals surface area contributed by atoms with Crippen LogP contribution < -0.4 is 10.5 Å². The van der Waals surface area contributed by atoms with E-state index in [4.69, 9.17) is 10.5 Å². The zero-order valence-corrected chi connectivity index (χ0v) is 11.6. The van der Waals surface area contributed by atoms with Crippen molar-refractivity contribution in [2.45, 2.75) is 31.8 Å². The third-order valence-electron chi connectivity index (χ3n) is 4.48. The van der Waals surface area contributed by atoms with E-state index in [1.807, 2.05) is 0 Å². The van der Waals surface area contributed by atoms with Crippen molar-refractivity contribution in [3.05, 3.63) is 29.8 Å². The normalized spacial score (nSPS) is 29.4. The summed E-state index contributed by atoms with van der Waals surface area (Å²) in [6.45, 7) is 4.41. The molecule has 3 fully saturated rings. The molecule has 3 aliphatic heterocycles. The number of aryl methyl sites for hydroxylation is 1. The van der Waals surface area contributed by atoms with Crippen molar-refractivity contribution >= 4 is 0 Å². The highest BCUT2D eigenvalue weighted by Gasteiger charge is 2.35. The highest BCUT2D eigenvalue weighted by Crippen LogP contribution is 2.30. The Hall–Kier alpha value is -1.06. The predicted molar refractivity (Wildman–Crippen MR) is 77.4 cm³/mol. The molecular formula is C16H24N2O. The Morgan fingerprint density at radius 1 is 1.16 bits per heavy atom. The van der Waals surface area contributed by atoms with Crippen LogP contribution in [-0.2, 0) is 6.42 Å². The van der Waals surface area contributed by atoms with Crippen LogP contribution in [0.15, 0.2) is 24.3 Å². The Labute approximate surface area is 115 Å². The molecule has 0 aromatic heterocycles. The van der Waals surface area contributed by atoms with E-state index in [0.717, 1.165) is 37.6 Å². The summed E-state index contributed by atoms with van der Waals surface area (Å²) in [5, 5.41) is 0. The average Bonchev–Trinajstić information content (AvgIpc) is 2.48. The smallest absolute Gasteiger partial charge is 0.119 e. The minimum absolute atomic E-state index is 0.400. The number of piperidine rings is 3. The summed E-state index contributed by atoms with van der Waals surface area (Å²) in [6, 6.07) is 8.58. The maximum Gasteiger partial charge on any atom is 0.119 e. The van der Waals surface area contributed by atoms with Crippen LogP contribution in [0.1, 0.15) is 24.8 Å². The van der Waals surface area contributed by atoms with Crippen LogP contribution in [-0.4, -0.2) is 37.2 Å². The van der Waals surface area contributed by atoms with Gasteiger partial charge in [-0.25, -0.2) is 0 Å². The van der Waals surface area contributed by atoms with Gasteiger partial charge in [0, 0.05) is 6.54 Å². The van der Waals surface area contributed by atoms with Crippen molar-refractivity contribution in [3.8, 4) is 5.75 Å². The van der Waals surface area contributed by atoms with Gasteiger partial charge < -0.3 is 10.5 Å². The van der Waals surface area contributed by atoms with E-state index in [2.05, 4.69) is 29.2 Å². The minimum atomic E-state index is 0.400. The molecule has 0 amide bonds. The first kappa shape index (κ1) is 12.9. The molecule has 3 heterocycles. The van der Waals surface area contributed by atoms with Crippen LogP contribution in [0.4, 0.5) is 0 Å². The number of fused-ring (bicyclic) bond motifs is 3. The van der Waals surface area contributed by atoms with E-state index in [-0.39, 0.29) is 0 Å². The van der Waals surface area contributed by atoms with Crippen LogP contribution >= 0.6 is 0 Å². The molecule has 4 rings (SSSR count). The van der Waals surface area contributed by atoms with Gasteiger partial charge in [0.1, 0.15) is 11.9 Å². The van der Waals surface area contributed by atoms with Crippen LogP contribution in [0.2, 0.25) is 0 Å². The lowest BCUT2D eigenvalue weighted by molar-refractivity contribution is -0.00776. The Morgan fingerprint density at radius 2 is 1.89 bits per heavy atom. The average molecular weight is 260 g/mol. The van der Waals surface area contributed by atoms with E-state index >= 15 is 0 Å². The fourth-order valence-electron chi connectivity index (χ4n) is 3.26. The second-order valence-corrected chi connectivity index (χ2v) is 5.83. The number of hydrogen-bond donors (Lipinski definition) is 1. The number of hydrogen-bond acceptors (Lipinski definition) is 3. The summed E-state index contributed by atoms with van der Waals surface area (Å²) in [7, 11) is 0. The third-order valence-corrected chi connectivity index (χ3v) is 4.48. The number of nitrogens with two attached hydrogens (primary N) is 1. The molecule has 104 valence electrons. The van der Waals surface area contributed by atoms with Gasteiger partial charge in [-0.15, -0.1) is 0 Å². The number of rotatable bonds is 5. The van der Waals surface area contributed by atoms with Gasteiger partial charge in [0.2, 0.25) is 0 Å². The zero-order chi connectivity index (χ0) is 13.1. The summed E-state index contributed by atoms with van der Waals surface area (Å²) < 4.78 is 6.18. The Kier molecular flexibility index (Phi) is 4.04. The molecule has 0 spiro atoms. The lowest BCUT2D eigenvalue weighted by Gasteiger charge is -2.44. The Balaban J connectivity index is 1.57. The summed E-state index contributed by atoms with van der Waals surface area (Å²) in [4.78, 5) is 2.53. The molecule has 2 N–H and O–H groups in total. The van der Waals surface area contributed by atoms with Crippen molar-refractivity contribution in [1.82, 2.24) is 4.90 Å². The van der Waals surface area contributed by atoms with Crippen molar-refractivity contribution in [3.63, 3.8) is 0 Å². The molecule has 0 saturated carbocycles. The quantitative estimate of drug-likeness (QED) is 0.880. The van der Waals surface area contributed by atoms with E-state index in [1.54, 1.807) is 0 Å². The van der Waals surface area contributed by atoms with Gasteiger partial charge in [0.05, 0.1) is 0 Å². The van der Waals surface area contributed by atoms with Gasteiger partial charge in [-0.1, -0.05) is 12.1 Å². The standard InChI is InChI=1S/C16H24N2O/c17-9-1-2-13-3-5-15(6-4-13)19-16-12-18-10-7-14(16)8-11-18/h3-6,14,16H,1-2,7-12,17H2. The maximum absolute atomic E-state index is 6.18. The first-order valence-corrected chi connectivity index (χ1v) is 7.53. The molecule has 0 aliphatic carbocycles. The fourth-order valence-corrected chi connectivity index (χ4v) is 3.26. The van der Waals surface area contributed by atoms with Crippen LogP contribution in [0.3, 0.4) is 0 Å². The first-order valence-electron chi connectivity index (χ1n) is 7.53. The summed E-state index contributed by atoms with van der Waals surface area (Å²) in [6.07, 6.45) is 5.13. The van der Waals surface area contributed by atoms with E-state index in [1.165, 1.54) is 31.5 Å². The summed E-state index contributed by atoms with van der Waals surface area (Å²) in [5.74, 6) is 1.79. The molecule has 1 unspecified atom stereocenters. The lowest BCUT2D eigenvalue weighted by Crippen LogP contribution is -2.52. The number of benzene rings is 1. The molecular weight excluding hydrogens is 236 g/mol. The summed E-state index contributed by atoms with van der Waals surface area (Å²) in [5.41, 5.74) is 6.89. The molecule has 19 heavy (non-hydrogen) atoms. The van der Waals surface area contributed by atoms with Gasteiger partial charge in [0.25, 0.3) is 0 Å². The van der Waals surface area contributed by atoms with Gasteiger partial charge in [0.15, 0.2) is 0 Å². The third kappa shape index (κ3) is 3.10. The first-order chi connectivity index (χ1) is 9.35. The second kappa shape index (κ2) is 5.93. The molecule has 1 aromatic carbocycles. The van der Waals surface area contributed by atoms with Crippen molar-refractivity contribution in [2.24, 2.45) is 11.7 Å². The van der Waals surface area contributed by atoms with Crippen molar-refractivity contribution in [1.29, 1.82) is 0 Å². The predicted octanol–water partition coefficient (Wildman–Crippen LogP) is 2.05. The van der Waals surface area contributed by atoms with E-state index in [0.29, 0.717) is 6.10 Å². The van der Waals surface area contributed by atoms with Gasteiger partial charge in [-0.05, 0) is 68.9 Å². The molecule has 3 saturated heterocycles. The van der Waals surface area contributed by atoms with E-state index < -0.39 is 0 Å². The van der Waals surface area contributed by atoms with Crippen molar-refractivity contribution in [2.75, 3.05) is 26.2 Å². The van der Waals surface area contributed by atoms with Gasteiger partial charge in [-0.3, -0.25) is 4.90 Å². The molecule has 0 radical (unpaired) electrons. The highest BCUT2D eigenvalue weighted by molar-refractivity contribution is 5.27. The highest BCUT2D eigenvalue weighted by atomic mass is 16.5. The second-order valence-electron chi connectivity index (χ2n) is 5.83. The van der Waals surface area contributed by atoms with Crippen LogP contribution in [0.5, 0.6) is 5.75 Å². The molecule has 1 aromatic rings. The van der Waals surface area contributed by atoms with E-state index in [9.17, 15) is 0 Å². The maximum atomic E-state index is 6.18. The molecule has 1 atom stereocenters. The Morgan fingerprint density at radius 3 is 2.47 bits per heavy atom. The van der Waals surface area contributed by atoms with Crippen LogP contribution in [0.25, 0.3) is 0 Å². The van der Waals surface area contributed by atoms with Gasteiger partial charge >= 0.3 is 0 Å². The monoisotopic (exact) mass is 260 g/mol. The lowest BCUT2D eigenvalue weighted by atomic mass is 9.86. The van der Waals surface area contributed by atoms with Crippen LogP contribution in [0, 0.1) is 5.92 Å². The Bertz CT molecular complexity index is 396. The fraction of sp³-hybridized carbons (Fsp3) is 0.625. The minimum Gasteiger partial charge on any atom is -0.489 e. The molecule has 3 aliphatic rings. The SMILES string of the molecule is NCCCc1ccc(OC2CN3CCC2CC3)cc1. The molecule has 3 heteroatoms. The van der Waals surface area contributed by atoms with Gasteiger partial charge in [-0.2, -0.15) is 0 Å². The summed E-state index contributed by atoms with van der Waals surface area (Å²) >= 11 is 0. The topological polar surface area (TPSA) is 38.5 Å². The largest absolute Gasteiger partial charge is 0.489 e. The van der Waals surface area contributed by atoms with Crippen molar-refractivity contribution < 1.29 is 4.74 Å². The molecule has 2 bridgehead atoms. The number of nitrogens with zero attached hydrogens (tertiary/aromatic N) is 1. The number of ether oxygens (including phenoxy) is 1. The molecule has 3 nitrogen and oxygen atoms in total.